The molecule has 0 saturated heterocycles. The van der Waals surface area contributed by atoms with Crippen LogP contribution in [0.5, 0.6) is 5.75 Å². The summed E-state index contributed by atoms with van der Waals surface area (Å²) in [5, 5.41) is 0.643. The Morgan fingerprint density at radius 3 is 2.33 bits per heavy atom. The fourth-order valence-electron chi connectivity index (χ4n) is 4.66. The first-order valence-corrected chi connectivity index (χ1v) is 17.3. The van der Waals surface area contributed by atoms with Crippen molar-refractivity contribution in [1.82, 2.24) is 14.5 Å². The van der Waals surface area contributed by atoms with Crippen LogP contribution in [-0.2, 0) is 33.5 Å². The Kier molecular flexibility index (Phi) is 11.8. The third kappa shape index (κ3) is 8.76. The van der Waals surface area contributed by atoms with E-state index >= 15 is 0 Å². The molecule has 1 aromatic heterocycles. The molecule has 9 nitrogen and oxygen atoms in total. The van der Waals surface area contributed by atoms with Crippen molar-refractivity contribution in [3.05, 3.63) is 95.4 Å². The molecular weight excluding hydrogens is 609 g/mol. The van der Waals surface area contributed by atoms with E-state index in [9.17, 15) is 13.2 Å². The monoisotopic (exact) mass is 648 g/mol. The molecule has 0 unspecified atom stereocenters. The number of aromatic nitrogens is 2. The molecule has 0 N–H and O–H groups in total. The molecule has 1 heterocycles. The number of esters is 1. The SMILES string of the molecule is CCCCc1nc(SCc2ccc(OC)cc2)c(C(=O)OCC)n1Cc1ccc(-c2ccccc2S(=O)(=O)/N=C/N(C)C)cc1. The van der Waals surface area contributed by atoms with E-state index in [0.29, 0.717) is 28.6 Å². The van der Waals surface area contributed by atoms with Gasteiger partial charge in [0.2, 0.25) is 0 Å². The van der Waals surface area contributed by atoms with Crippen LogP contribution in [0.4, 0.5) is 0 Å². The summed E-state index contributed by atoms with van der Waals surface area (Å²) in [6.45, 7) is 4.59. The van der Waals surface area contributed by atoms with Gasteiger partial charge < -0.3 is 18.9 Å². The molecule has 3 aromatic carbocycles. The summed E-state index contributed by atoms with van der Waals surface area (Å²) in [6.07, 6.45) is 3.93. The predicted octanol–water partition coefficient (Wildman–Crippen LogP) is 6.70. The lowest BCUT2D eigenvalue weighted by molar-refractivity contribution is 0.0509. The summed E-state index contributed by atoms with van der Waals surface area (Å²) in [4.78, 5) is 20.0. The lowest BCUT2D eigenvalue weighted by atomic mass is 10.0. The van der Waals surface area contributed by atoms with Crippen LogP contribution >= 0.6 is 11.8 Å². The molecule has 4 aromatic rings. The van der Waals surface area contributed by atoms with Crippen LogP contribution in [0.3, 0.4) is 0 Å². The van der Waals surface area contributed by atoms with E-state index in [2.05, 4.69) is 11.3 Å². The highest BCUT2D eigenvalue weighted by Gasteiger charge is 2.25. The summed E-state index contributed by atoms with van der Waals surface area (Å²) in [6, 6.07) is 22.4. The van der Waals surface area contributed by atoms with Gasteiger partial charge in [0.1, 0.15) is 22.9 Å². The molecule has 45 heavy (non-hydrogen) atoms. The quantitative estimate of drug-likeness (QED) is 0.0608. The van der Waals surface area contributed by atoms with E-state index in [0.717, 1.165) is 47.5 Å². The number of ether oxygens (including phenoxy) is 2. The summed E-state index contributed by atoms with van der Waals surface area (Å²) in [5.74, 6) is 1.85. The first kappa shape index (κ1) is 33.8. The van der Waals surface area contributed by atoms with Gasteiger partial charge in [-0.1, -0.05) is 79.7 Å². The van der Waals surface area contributed by atoms with Crippen molar-refractivity contribution < 1.29 is 22.7 Å². The Morgan fingerprint density at radius 2 is 1.69 bits per heavy atom. The van der Waals surface area contributed by atoms with Crippen molar-refractivity contribution in [3.63, 3.8) is 0 Å². The molecule has 0 aliphatic heterocycles. The molecular formula is C34H40N4O5S2. The Hall–Kier alpha value is -4.09. The van der Waals surface area contributed by atoms with E-state index in [1.54, 1.807) is 57.3 Å². The van der Waals surface area contributed by atoms with Crippen LogP contribution in [0, 0.1) is 0 Å². The van der Waals surface area contributed by atoms with E-state index in [4.69, 9.17) is 14.5 Å². The van der Waals surface area contributed by atoms with Crippen molar-refractivity contribution in [2.24, 2.45) is 4.40 Å². The third-order valence-electron chi connectivity index (χ3n) is 6.96. The number of rotatable bonds is 15. The van der Waals surface area contributed by atoms with Crippen molar-refractivity contribution in [2.75, 3.05) is 27.8 Å². The normalized spacial score (nSPS) is 11.6. The number of carbonyl (C=O) groups excluding carboxylic acids is 1. The zero-order valence-corrected chi connectivity index (χ0v) is 28.0. The minimum Gasteiger partial charge on any atom is -0.497 e. The second-order valence-corrected chi connectivity index (χ2v) is 13.1. The number of thioether (sulfide) groups is 1. The highest BCUT2D eigenvalue weighted by atomic mass is 32.2. The summed E-state index contributed by atoms with van der Waals surface area (Å²) in [7, 11) is 1.17. The van der Waals surface area contributed by atoms with Crippen LogP contribution in [-0.4, -0.2) is 63.0 Å². The van der Waals surface area contributed by atoms with Crippen LogP contribution in [0.2, 0.25) is 0 Å². The summed E-state index contributed by atoms with van der Waals surface area (Å²) < 4.78 is 42.6. The van der Waals surface area contributed by atoms with Gasteiger partial charge in [-0.15, -0.1) is 4.40 Å². The second kappa shape index (κ2) is 15.8. The Morgan fingerprint density at radius 1 is 1.00 bits per heavy atom. The lowest BCUT2D eigenvalue weighted by Gasteiger charge is -2.13. The molecule has 0 spiro atoms. The largest absolute Gasteiger partial charge is 0.497 e. The van der Waals surface area contributed by atoms with Crippen LogP contribution in [0.25, 0.3) is 11.1 Å². The molecule has 0 bridgehead atoms. The fourth-order valence-corrected chi connectivity index (χ4v) is 6.79. The molecule has 0 atom stereocenters. The molecule has 0 radical (unpaired) electrons. The van der Waals surface area contributed by atoms with Gasteiger partial charge in [0.05, 0.1) is 18.6 Å². The first-order valence-electron chi connectivity index (χ1n) is 14.8. The fraction of sp³-hybridized carbons (Fsp3) is 0.324. The van der Waals surface area contributed by atoms with Gasteiger partial charge in [-0.25, -0.2) is 9.78 Å². The molecule has 0 fully saturated rings. The predicted molar refractivity (Wildman–Crippen MR) is 180 cm³/mol. The molecule has 238 valence electrons. The zero-order chi connectivity index (χ0) is 32.4. The molecule has 0 aliphatic carbocycles. The van der Waals surface area contributed by atoms with Crippen LogP contribution < -0.4 is 4.74 Å². The van der Waals surface area contributed by atoms with Crippen molar-refractivity contribution >= 4 is 34.1 Å². The Bertz CT molecular complexity index is 1710. The number of carbonyl (C=O) groups is 1. The second-order valence-electron chi connectivity index (χ2n) is 10.6. The molecule has 11 heteroatoms. The van der Waals surface area contributed by atoms with Crippen LogP contribution in [0.15, 0.2) is 87.1 Å². The third-order valence-corrected chi connectivity index (χ3v) is 9.28. The van der Waals surface area contributed by atoms with Gasteiger partial charge in [0.15, 0.2) is 5.69 Å². The number of sulfonamides is 1. The average Bonchev–Trinajstić information content (AvgIpc) is 3.39. The standard InChI is InChI=1S/C34H40N4O5S2/c1-6-8-13-31-36-33(44-23-26-16-20-28(42-5)21-17-26)32(34(39)43-7-2)38(31)22-25-14-18-27(19-15-25)29-11-9-10-12-30(29)45(40,41)35-24-37(3)4/h9-12,14-21,24H,6-8,13,22-23H2,1-5H3/b35-24+. The lowest BCUT2D eigenvalue weighted by Crippen LogP contribution is -2.16. The number of aryl methyl sites for hydroxylation is 1. The number of hydrogen-bond donors (Lipinski definition) is 0. The van der Waals surface area contributed by atoms with Gasteiger partial charge in [-0.3, -0.25) is 0 Å². The minimum absolute atomic E-state index is 0.135. The van der Waals surface area contributed by atoms with Crippen molar-refractivity contribution in [3.8, 4) is 16.9 Å². The Balaban J connectivity index is 1.67. The van der Waals surface area contributed by atoms with Crippen LogP contribution in [0.1, 0.15) is 54.1 Å². The van der Waals surface area contributed by atoms with Gasteiger partial charge >= 0.3 is 5.97 Å². The number of unbranched alkanes of at least 4 members (excludes halogenated alkanes) is 1. The summed E-state index contributed by atoms with van der Waals surface area (Å²) >= 11 is 1.51. The number of benzene rings is 3. The minimum atomic E-state index is -3.90. The van der Waals surface area contributed by atoms with Crippen molar-refractivity contribution in [1.29, 1.82) is 0 Å². The highest BCUT2D eigenvalue weighted by molar-refractivity contribution is 7.98. The van der Waals surface area contributed by atoms with Gasteiger partial charge in [-0.2, -0.15) is 8.42 Å². The number of hydrogen-bond acceptors (Lipinski definition) is 7. The molecule has 4 rings (SSSR count). The van der Waals surface area contributed by atoms with E-state index in [1.807, 2.05) is 53.1 Å². The van der Waals surface area contributed by atoms with E-state index in [1.165, 1.54) is 18.1 Å². The van der Waals surface area contributed by atoms with Gasteiger partial charge in [-0.05, 0) is 48.2 Å². The highest BCUT2D eigenvalue weighted by Crippen LogP contribution is 2.31. The maximum Gasteiger partial charge on any atom is 0.357 e. The zero-order valence-electron chi connectivity index (χ0n) is 26.4. The van der Waals surface area contributed by atoms with Gasteiger partial charge in [0, 0.05) is 38.4 Å². The first-order chi connectivity index (χ1) is 21.7. The number of nitrogens with zero attached hydrogens (tertiary/aromatic N) is 4. The number of methoxy groups -OCH3 is 1. The maximum absolute atomic E-state index is 13.3. The average molecular weight is 649 g/mol. The van der Waals surface area contributed by atoms with Crippen molar-refractivity contribution in [2.45, 2.75) is 55.3 Å². The molecule has 0 aliphatic rings. The number of imidazole rings is 1. The van der Waals surface area contributed by atoms with E-state index in [-0.39, 0.29) is 11.5 Å². The smallest absolute Gasteiger partial charge is 0.357 e. The topological polar surface area (TPSA) is 103 Å². The molecule has 0 amide bonds. The van der Waals surface area contributed by atoms with Gasteiger partial charge in [0.25, 0.3) is 10.0 Å². The molecule has 0 saturated carbocycles. The Labute approximate surface area is 270 Å². The maximum atomic E-state index is 13.3. The summed E-state index contributed by atoms with van der Waals surface area (Å²) in [5.41, 5.74) is 3.79. The van der Waals surface area contributed by atoms with E-state index < -0.39 is 16.0 Å².